The molecule has 1 atom stereocenters. The van der Waals surface area contributed by atoms with Crippen molar-refractivity contribution in [3.63, 3.8) is 0 Å². The number of aliphatic hydroxyl groups is 1. The van der Waals surface area contributed by atoms with Crippen LogP contribution in [0.5, 0.6) is 17.2 Å². The van der Waals surface area contributed by atoms with E-state index in [9.17, 15) is 15.0 Å². The molecule has 0 aliphatic carbocycles. The van der Waals surface area contributed by atoms with Crippen LogP contribution in [-0.4, -0.2) is 29.4 Å². The summed E-state index contributed by atoms with van der Waals surface area (Å²) in [4.78, 5) is 12.1. The number of hydrogen-bond acceptors (Lipinski definition) is 5. The number of carbonyl (C=O) groups excluding carboxylic acids is 1. The summed E-state index contributed by atoms with van der Waals surface area (Å²) in [6.45, 7) is 0. The number of methoxy groups -OCH3 is 1. The quantitative estimate of drug-likeness (QED) is 0.657. The lowest BCUT2D eigenvalue weighted by Gasteiger charge is -2.20. The van der Waals surface area contributed by atoms with Gasteiger partial charge in [-0.05, 0) is 34.9 Å². The van der Waals surface area contributed by atoms with Crippen molar-refractivity contribution in [2.45, 2.75) is 12.5 Å². The molecule has 1 aliphatic heterocycles. The van der Waals surface area contributed by atoms with E-state index in [4.69, 9.17) is 9.47 Å². The molecule has 0 saturated heterocycles. The maximum atomic E-state index is 12.1. The molecule has 0 bridgehead atoms. The van der Waals surface area contributed by atoms with Crippen molar-refractivity contribution < 1.29 is 24.5 Å². The van der Waals surface area contributed by atoms with E-state index in [1.54, 1.807) is 30.3 Å². The molecule has 5 nitrogen and oxygen atoms in total. The Kier molecular flexibility index (Phi) is 4.04. The number of fused-ring (bicyclic) bond motifs is 1. The van der Waals surface area contributed by atoms with Gasteiger partial charge in [-0.3, -0.25) is 0 Å². The van der Waals surface area contributed by atoms with Gasteiger partial charge in [-0.25, -0.2) is 4.79 Å². The summed E-state index contributed by atoms with van der Waals surface area (Å²) >= 11 is 0. The molecule has 5 heteroatoms. The minimum Gasteiger partial charge on any atom is -0.508 e. The Labute approximate surface area is 133 Å². The molecular weight excluding hydrogens is 296 g/mol. The first-order chi connectivity index (χ1) is 11.1. The topological polar surface area (TPSA) is 76.0 Å². The minimum absolute atomic E-state index is 0.120. The summed E-state index contributed by atoms with van der Waals surface area (Å²) in [6.07, 6.45) is 0.721. The Balaban J connectivity index is 1.99. The van der Waals surface area contributed by atoms with Crippen LogP contribution in [-0.2, 0) is 11.2 Å². The van der Waals surface area contributed by atoms with Crippen molar-refractivity contribution in [1.29, 1.82) is 0 Å². The van der Waals surface area contributed by atoms with Gasteiger partial charge in [-0.15, -0.1) is 0 Å². The molecule has 2 N–H and O–H groups in total. The Morgan fingerprint density at radius 2 is 1.91 bits per heavy atom. The van der Waals surface area contributed by atoms with Crippen LogP contribution in [0.25, 0.3) is 5.57 Å². The highest BCUT2D eigenvalue weighted by Crippen LogP contribution is 2.31. The lowest BCUT2D eigenvalue weighted by molar-refractivity contribution is -0.129. The molecular formula is C18H16O5. The van der Waals surface area contributed by atoms with Crippen LogP contribution in [0.15, 0.2) is 48.5 Å². The molecule has 3 rings (SSSR count). The van der Waals surface area contributed by atoms with Crippen LogP contribution in [0.3, 0.4) is 0 Å². The molecule has 2 aromatic carbocycles. The van der Waals surface area contributed by atoms with Gasteiger partial charge in [0.2, 0.25) is 0 Å². The van der Waals surface area contributed by atoms with Crippen molar-refractivity contribution in [3.05, 3.63) is 59.7 Å². The number of rotatable bonds is 2. The number of aromatic hydroxyl groups is 1. The third-order valence-corrected chi connectivity index (χ3v) is 3.73. The number of hydrogen-bond donors (Lipinski definition) is 2. The van der Waals surface area contributed by atoms with Crippen LogP contribution in [0.1, 0.15) is 11.1 Å². The monoisotopic (exact) mass is 312 g/mol. The zero-order valence-electron chi connectivity index (χ0n) is 12.5. The number of esters is 1. The van der Waals surface area contributed by atoms with Gasteiger partial charge in [0.15, 0.2) is 0 Å². The summed E-state index contributed by atoms with van der Waals surface area (Å²) in [5, 5.41) is 19.9. The van der Waals surface area contributed by atoms with E-state index in [1.165, 1.54) is 25.3 Å². The summed E-state index contributed by atoms with van der Waals surface area (Å²) in [7, 11) is 1.53. The van der Waals surface area contributed by atoms with E-state index < -0.39 is 12.1 Å². The summed E-state index contributed by atoms with van der Waals surface area (Å²) in [6, 6.07) is 11.5. The van der Waals surface area contributed by atoms with Crippen molar-refractivity contribution in [2.75, 3.05) is 7.11 Å². The first-order valence-electron chi connectivity index (χ1n) is 7.14. The van der Waals surface area contributed by atoms with Gasteiger partial charge < -0.3 is 19.7 Å². The molecule has 0 radical (unpaired) electrons. The van der Waals surface area contributed by atoms with E-state index >= 15 is 0 Å². The molecule has 0 fully saturated rings. The van der Waals surface area contributed by atoms with Crippen LogP contribution < -0.4 is 9.47 Å². The molecule has 0 amide bonds. The largest absolute Gasteiger partial charge is 0.508 e. The Bertz CT molecular complexity index is 761. The van der Waals surface area contributed by atoms with Gasteiger partial charge >= 0.3 is 5.97 Å². The molecule has 2 aromatic rings. The van der Waals surface area contributed by atoms with E-state index in [1.807, 2.05) is 0 Å². The minimum atomic E-state index is -0.862. The highest BCUT2D eigenvalue weighted by molar-refractivity contribution is 5.94. The number of carbonyl (C=O) groups is 1. The fourth-order valence-corrected chi connectivity index (χ4v) is 2.53. The SMILES string of the molecule is COc1ccc2c(c1)OC(=O)/C=C(/c1ccc(O)cc1)[C@@H](O)C2. The molecule has 118 valence electrons. The lowest BCUT2D eigenvalue weighted by atomic mass is 9.94. The molecule has 0 unspecified atom stereocenters. The first kappa shape index (κ1) is 15.1. The average Bonchev–Trinajstić information content (AvgIpc) is 2.54. The van der Waals surface area contributed by atoms with Crippen LogP contribution in [0.2, 0.25) is 0 Å². The van der Waals surface area contributed by atoms with E-state index in [-0.39, 0.29) is 5.75 Å². The summed E-state index contributed by atoms with van der Waals surface area (Å²) in [5.41, 5.74) is 1.83. The predicted molar refractivity (Wildman–Crippen MR) is 84.4 cm³/mol. The van der Waals surface area contributed by atoms with E-state index in [0.29, 0.717) is 29.1 Å². The fraction of sp³-hybridized carbons (Fsp3) is 0.167. The van der Waals surface area contributed by atoms with Crippen molar-refractivity contribution in [1.82, 2.24) is 0 Å². The Morgan fingerprint density at radius 1 is 1.17 bits per heavy atom. The maximum Gasteiger partial charge on any atom is 0.336 e. The fourth-order valence-electron chi connectivity index (χ4n) is 2.53. The van der Waals surface area contributed by atoms with Crippen molar-refractivity contribution in [2.24, 2.45) is 0 Å². The Hall–Kier alpha value is -2.79. The van der Waals surface area contributed by atoms with Crippen LogP contribution >= 0.6 is 0 Å². The molecule has 1 heterocycles. The first-order valence-corrected chi connectivity index (χ1v) is 7.14. The highest BCUT2D eigenvalue weighted by Gasteiger charge is 2.22. The van der Waals surface area contributed by atoms with Crippen LogP contribution in [0, 0.1) is 0 Å². The Morgan fingerprint density at radius 3 is 2.61 bits per heavy atom. The van der Waals surface area contributed by atoms with Gasteiger partial charge in [0.25, 0.3) is 0 Å². The lowest BCUT2D eigenvalue weighted by Crippen LogP contribution is -2.20. The predicted octanol–water partition coefficient (Wildman–Crippen LogP) is 2.31. The van der Waals surface area contributed by atoms with Gasteiger partial charge in [0.1, 0.15) is 17.2 Å². The normalized spacial score (nSPS) is 19.7. The van der Waals surface area contributed by atoms with E-state index in [2.05, 4.69) is 0 Å². The number of benzene rings is 2. The third kappa shape index (κ3) is 3.19. The van der Waals surface area contributed by atoms with Gasteiger partial charge in [-0.2, -0.15) is 0 Å². The van der Waals surface area contributed by atoms with Crippen molar-refractivity contribution >= 4 is 11.5 Å². The maximum absolute atomic E-state index is 12.1. The average molecular weight is 312 g/mol. The molecule has 23 heavy (non-hydrogen) atoms. The zero-order chi connectivity index (χ0) is 16.4. The van der Waals surface area contributed by atoms with Crippen molar-refractivity contribution in [3.8, 4) is 17.2 Å². The second-order valence-corrected chi connectivity index (χ2v) is 5.26. The third-order valence-electron chi connectivity index (χ3n) is 3.73. The van der Waals surface area contributed by atoms with Gasteiger partial charge in [0, 0.05) is 18.6 Å². The van der Waals surface area contributed by atoms with Gasteiger partial charge in [-0.1, -0.05) is 18.2 Å². The summed E-state index contributed by atoms with van der Waals surface area (Å²) in [5.74, 6) is 0.514. The van der Waals surface area contributed by atoms with E-state index in [0.717, 1.165) is 5.56 Å². The second-order valence-electron chi connectivity index (χ2n) is 5.26. The highest BCUT2D eigenvalue weighted by atomic mass is 16.5. The molecule has 0 aromatic heterocycles. The molecule has 1 aliphatic rings. The number of phenols is 1. The standard InChI is InChI=1S/C18H16O5/c1-22-14-7-4-12-8-16(20)15(10-18(21)23-17(12)9-14)11-2-5-13(19)6-3-11/h2-7,9-10,16,19-20H,8H2,1H3/b15-10-/t16-/m0/s1. The second kappa shape index (κ2) is 6.14. The molecule has 0 saturated carbocycles. The zero-order valence-corrected chi connectivity index (χ0v) is 12.5. The molecule has 0 spiro atoms. The number of ether oxygens (including phenoxy) is 2. The number of phenolic OH excluding ortho intramolecular Hbond substituents is 1. The smallest absolute Gasteiger partial charge is 0.336 e. The number of aliphatic hydroxyl groups excluding tert-OH is 1. The van der Waals surface area contributed by atoms with Crippen LogP contribution in [0.4, 0.5) is 0 Å². The summed E-state index contributed by atoms with van der Waals surface area (Å²) < 4.78 is 10.5. The van der Waals surface area contributed by atoms with Gasteiger partial charge in [0.05, 0.1) is 13.2 Å².